The van der Waals surface area contributed by atoms with Crippen molar-refractivity contribution in [3.63, 3.8) is 0 Å². The molecule has 3 rings (SSSR count). The molecule has 2 heterocycles. The molecule has 9 heteroatoms. The van der Waals surface area contributed by atoms with E-state index in [1.54, 1.807) is 0 Å². The molecular weight excluding hydrogens is 291 g/mol. The number of benzene rings is 1. The first kappa shape index (κ1) is 13.2. The van der Waals surface area contributed by atoms with Gasteiger partial charge in [-0.25, -0.2) is 19.2 Å². The number of ether oxygens (including phenoxy) is 1. The Hall–Kier alpha value is -2.84. The van der Waals surface area contributed by atoms with E-state index in [9.17, 15) is 18.0 Å². The van der Waals surface area contributed by atoms with E-state index in [0.29, 0.717) is 5.56 Å². The summed E-state index contributed by atoms with van der Waals surface area (Å²) in [6.45, 7) is -3.01. The van der Waals surface area contributed by atoms with E-state index in [1.807, 2.05) is 0 Å². The zero-order valence-corrected chi connectivity index (χ0v) is 10.1. The smallest absolute Gasteiger partial charge is 0.415 e. The zero-order chi connectivity index (χ0) is 15.0. The number of halogens is 3. The Morgan fingerprint density at radius 1 is 1.24 bits per heavy atom. The molecule has 0 spiro atoms. The van der Waals surface area contributed by atoms with Crippen molar-refractivity contribution in [2.45, 2.75) is 6.61 Å². The summed E-state index contributed by atoms with van der Waals surface area (Å²) in [5.41, 5.74) is 0.370. The van der Waals surface area contributed by atoms with Crippen molar-refractivity contribution in [1.82, 2.24) is 15.0 Å². The van der Waals surface area contributed by atoms with Gasteiger partial charge in [-0.15, -0.1) is 0 Å². The van der Waals surface area contributed by atoms with Crippen molar-refractivity contribution in [1.29, 1.82) is 0 Å². The number of aromatic amines is 1. The molecule has 0 saturated carbocycles. The predicted octanol–water partition coefficient (Wildman–Crippen LogP) is 2.32. The maximum Gasteiger partial charge on any atom is 0.417 e. The summed E-state index contributed by atoms with van der Waals surface area (Å²) in [7, 11) is 0. The Kier molecular flexibility index (Phi) is 3.09. The average Bonchev–Trinajstić information content (AvgIpc) is 2.82. The summed E-state index contributed by atoms with van der Waals surface area (Å²) >= 11 is 0. The van der Waals surface area contributed by atoms with Crippen LogP contribution in [0.25, 0.3) is 22.4 Å². The molecule has 0 unspecified atom stereocenters. The lowest BCUT2D eigenvalue weighted by atomic mass is 10.1. The van der Waals surface area contributed by atoms with E-state index in [-0.39, 0.29) is 22.7 Å². The Balaban J connectivity index is 2.08. The first-order valence-electron chi connectivity index (χ1n) is 5.63. The van der Waals surface area contributed by atoms with Crippen LogP contribution in [0.15, 0.2) is 33.7 Å². The Morgan fingerprint density at radius 3 is 2.71 bits per heavy atom. The second kappa shape index (κ2) is 4.93. The molecule has 2 aromatic heterocycles. The number of H-pyrrole nitrogens is 1. The second-order valence-electron chi connectivity index (χ2n) is 3.93. The van der Waals surface area contributed by atoms with Crippen molar-refractivity contribution in [2.75, 3.05) is 0 Å². The summed E-state index contributed by atoms with van der Waals surface area (Å²) in [5, 5.41) is 0. The summed E-state index contributed by atoms with van der Waals surface area (Å²) in [4.78, 5) is 20.9. The molecule has 3 aromatic rings. The SMILES string of the molecule is O=c1[nH]c2c(F)ccc(-c3cnc(OC(F)F)cn3)c2o1. The quantitative estimate of drug-likeness (QED) is 0.802. The molecule has 1 N–H and O–H groups in total. The minimum absolute atomic E-state index is 0.0307. The van der Waals surface area contributed by atoms with Crippen LogP contribution >= 0.6 is 0 Å². The standard InChI is InChI=1S/C12H6F3N3O3/c13-6-2-1-5(10-9(6)18-12(19)21-10)7-3-17-8(4-16-7)20-11(14)15/h1-4,11H,(H,18,19). The van der Waals surface area contributed by atoms with Crippen LogP contribution in [0.5, 0.6) is 5.88 Å². The third-order valence-corrected chi connectivity index (χ3v) is 2.64. The number of nitrogens with zero attached hydrogens (tertiary/aromatic N) is 2. The lowest BCUT2D eigenvalue weighted by Crippen LogP contribution is -2.04. The van der Waals surface area contributed by atoms with Gasteiger partial charge in [-0.05, 0) is 12.1 Å². The van der Waals surface area contributed by atoms with Crippen LogP contribution in [0, 0.1) is 5.82 Å². The fourth-order valence-electron chi connectivity index (χ4n) is 1.81. The molecular formula is C12H6F3N3O3. The highest BCUT2D eigenvalue weighted by Crippen LogP contribution is 2.27. The van der Waals surface area contributed by atoms with Crippen LogP contribution in [-0.2, 0) is 0 Å². The van der Waals surface area contributed by atoms with Crippen LogP contribution in [0.2, 0.25) is 0 Å². The Morgan fingerprint density at radius 2 is 2.05 bits per heavy atom. The van der Waals surface area contributed by atoms with Crippen molar-refractivity contribution in [3.8, 4) is 17.1 Å². The van der Waals surface area contributed by atoms with Crippen molar-refractivity contribution < 1.29 is 22.3 Å². The number of fused-ring (bicyclic) bond motifs is 1. The summed E-state index contributed by atoms with van der Waals surface area (Å²) in [5.74, 6) is -1.84. The van der Waals surface area contributed by atoms with Crippen LogP contribution in [0.4, 0.5) is 13.2 Å². The van der Waals surface area contributed by atoms with E-state index in [1.165, 1.54) is 6.07 Å². The zero-order valence-electron chi connectivity index (χ0n) is 10.1. The molecule has 21 heavy (non-hydrogen) atoms. The average molecular weight is 297 g/mol. The van der Waals surface area contributed by atoms with Gasteiger partial charge in [-0.3, -0.25) is 4.98 Å². The maximum absolute atomic E-state index is 13.5. The van der Waals surface area contributed by atoms with Crippen molar-refractivity contribution in [2.24, 2.45) is 0 Å². The number of aromatic nitrogens is 3. The highest BCUT2D eigenvalue weighted by Gasteiger charge is 2.15. The number of hydrogen-bond donors (Lipinski definition) is 1. The van der Waals surface area contributed by atoms with Gasteiger partial charge in [0.1, 0.15) is 5.52 Å². The molecule has 6 nitrogen and oxygen atoms in total. The van der Waals surface area contributed by atoms with Crippen LogP contribution < -0.4 is 10.5 Å². The van der Waals surface area contributed by atoms with E-state index >= 15 is 0 Å². The van der Waals surface area contributed by atoms with Gasteiger partial charge < -0.3 is 9.15 Å². The molecule has 108 valence electrons. The summed E-state index contributed by atoms with van der Waals surface area (Å²) < 4.78 is 46.5. The lowest BCUT2D eigenvalue weighted by Gasteiger charge is -2.04. The highest BCUT2D eigenvalue weighted by molar-refractivity contribution is 5.88. The van der Waals surface area contributed by atoms with Gasteiger partial charge in [0.15, 0.2) is 11.4 Å². The van der Waals surface area contributed by atoms with Gasteiger partial charge >= 0.3 is 12.4 Å². The molecule has 0 bridgehead atoms. The monoisotopic (exact) mass is 297 g/mol. The maximum atomic E-state index is 13.5. The largest absolute Gasteiger partial charge is 0.417 e. The van der Waals surface area contributed by atoms with Gasteiger partial charge in [-0.1, -0.05) is 0 Å². The molecule has 0 fully saturated rings. The fourth-order valence-corrected chi connectivity index (χ4v) is 1.81. The molecule has 0 radical (unpaired) electrons. The van der Waals surface area contributed by atoms with Crippen LogP contribution in [0.1, 0.15) is 0 Å². The lowest BCUT2D eigenvalue weighted by molar-refractivity contribution is -0.0530. The third kappa shape index (κ3) is 2.45. The predicted molar refractivity (Wildman–Crippen MR) is 64.5 cm³/mol. The summed E-state index contributed by atoms with van der Waals surface area (Å²) in [6, 6.07) is 2.46. The topological polar surface area (TPSA) is 81.0 Å². The number of nitrogens with one attached hydrogen (secondary N) is 1. The van der Waals surface area contributed by atoms with Gasteiger partial charge in [0.25, 0.3) is 0 Å². The number of rotatable bonds is 3. The Bertz CT molecular complexity index is 842. The minimum Gasteiger partial charge on any atom is -0.415 e. The van der Waals surface area contributed by atoms with E-state index in [4.69, 9.17) is 4.42 Å². The summed E-state index contributed by atoms with van der Waals surface area (Å²) in [6.07, 6.45) is 2.14. The highest BCUT2D eigenvalue weighted by atomic mass is 19.3. The molecule has 1 aromatic carbocycles. The molecule has 0 aliphatic heterocycles. The second-order valence-corrected chi connectivity index (χ2v) is 3.93. The first-order valence-corrected chi connectivity index (χ1v) is 5.63. The van der Waals surface area contributed by atoms with E-state index in [0.717, 1.165) is 18.5 Å². The van der Waals surface area contributed by atoms with Gasteiger partial charge in [0.05, 0.1) is 18.1 Å². The van der Waals surface area contributed by atoms with E-state index in [2.05, 4.69) is 19.7 Å². The Labute approximate surface area is 114 Å². The number of oxazole rings is 1. The number of hydrogen-bond acceptors (Lipinski definition) is 5. The van der Waals surface area contributed by atoms with Gasteiger partial charge in [0, 0.05) is 5.56 Å². The van der Waals surface area contributed by atoms with E-state index < -0.39 is 18.2 Å². The van der Waals surface area contributed by atoms with Gasteiger partial charge in [0.2, 0.25) is 5.88 Å². The fraction of sp³-hybridized carbons (Fsp3) is 0.0833. The number of alkyl halides is 2. The molecule has 0 atom stereocenters. The third-order valence-electron chi connectivity index (χ3n) is 2.64. The van der Waals surface area contributed by atoms with Crippen molar-refractivity contribution in [3.05, 3.63) is 40.9 Å². The molecule has 0 amide bonds. The molecule has 0 aliphatic carbocycles. The molecule has 0 saturated heterocycles. The van der Waals surface area contributed by atoms with Gasteiger partial charge in [-0.2, -0.15) is 8.78 Å². The minimum atomic E-state index is -3.01. The normalized spacial score (nSPS) is 11.2. The van der Waals surface area contributed by atoms with Crippen LogP contribution in [-0.4, -0.2) is 21.6 Å². The molecule has 0 aliphatic rings. The van der Waals surface area contributed by atoms with Crippen LogP contribution in [0.3, 0.4) is 0 Å². The first-order chi connectivity index (χ1) is 10.0. The van der Waals surface area contributed by atoms with Crippen molar-refractivity contribution >= 4 is 11.1 Å².